The third-order valence-electron chi connectivity index (χ3n) is 6.45. The first-order valence-corrected chi connectivity index (χ1v) is 11.2. The zero-order valence-electron chi connectivity index (χ0n) is 18.4. The van der Waals surface area contributed by atoms with Crippen molar-refractivity contribution < 1.29 is 23.9 Å². The lowest BCUT2D eigenvalue weighted by Gasteiger charge is -2.36. The highest BCUT2D eigenvalue weighted by Crippen LogP contribution is 2.37. The second-order valence-corrected chi connectivity index (χ2v) is 8.54. The van der Waals surface area contributed by atoms with Crippen molar-refractivity contribution in [2.24, 2.45) is 5.41 Å². The van der Waals surface area contributed by atoms with Crippen molar-refractivity contribution in [2.45, 2.75) is 45.6 Å². The number of ether oxygens (including phenoxy) is 2. The van der Waals surface area contributed by atoms with Crippen LogP contribution in [0.5, 0.6) is 0 Å². The molecule has 0 aliphatic carbocycles. The van der Waals surface area contributed by atoms with Crippen LogP contribution in [-0.2, 0) is 28.9 Å². The van der Waals surface area contributed by atoms with E-state index in [4.69, 9.17) is 14.6 Å². The van der Waals surface area contributed by atoms with Gasteiger partial charge < -0.3 is 14.8 Å². The van der Waals surface area contributed by atoms with E-state index in [1.807, 2.05) is 6.92 Å². The molecule has 0 atom stereocenters. The maximum absolute atomic E-state index is 12.9. The highest BCUT2D eigenvalue weighted by Gasteiger charge is 2.39. The molecular weight excluding hydrogens is 410 g/mol. The molecule has 2 aliphatic heterocycles. The van der Waals surface area contributed by atoms with Crippen LogP contribution in [0, 0.1) is 5.41 Å². The predicted octanol–water partition coefficient (Wildman–Crippen LogP) is 2.59. The van der Waals surface area contributed by atoms with E-state index in [0.717, 1.165) is 36.8 Å². The summed E-state index contributed by atoms with van der Waals surface area (Å²) in [6.07, 6.45) is 4.63. The van der Waals surface area contributed by atoms with Gasteiger partial charge in [0.25, 0.3) is 5.91 Å². The van der Waals surface area contributed by atoms with Crippen LogP contribution in [0.1, 0.15) is 68.6 Å². The first-order valence-electron chi connectivity index (χ1n) is 11.2. The molecule has 2 aromatic rings. The number of aromatic nitrogens is 2. The van der Waals surface area contributed by atoms with Gasteiger partial charge >= 0.3 is 5.97 Å². The SMILES string of the molecule is CCn1nc(CCCOC(=O)c2ccc(C=O)cc2)c2c1C(=O)NCC1(CCOCC1)C2. The van der Waals surface area contributed by atoms with E-state index in [-0.39, 0.29) is 17.9 Å². The lowest BCUT2D eigenvalue weighted by atomic mass is 9.75. The average Bonchev–Trinajstić information content (AvgIpc) is 3.10. The summed E-state index contributed by atoms with van der Waals surface area (Å²) in [6, 6.07) is 6.35. The number of aryl methyl sites for hydroxylation is 2. The zero-order chi connectivity index (χ0) is 22.6. The molecule has 1 amide bonds. The van der Waals surface area contributed by atoms with Gasteiger partial charge in [0.05, 0.1) is 17.9 Å². The molecule has 4 rings (SSSR count). The number of hydrogen-bond donors (Lipinski definition) is 1. The summed E-state index contributed by atoms with van der Waals surface area (Å²) in [5, 5.41) is 7.84. The van der Waals surface area contributed by atoms with Crippen LogP contribution >= 0.6 is 0 Å². The molecular formula is C24H29N3O5. The summed E-state index contributed by atoms with van der Waals surface area (Å²) in [5.41, 5.74) is 3.54. The number of carbonyl (C=O) groups is 3. The van der Waals surface area contributed by atoms with Crippen LogP contribution in [0.3, 0.4) is 0 Å². The third-order valence-corrected chi connectivity index (χ3v) is 6.45. The minimum absolute atomic E-state index is 0.00958. The number of carbonyl (C=O) groups excluding carboxylic acids is 3. The Balaban J connectivity index is 1.43. The molecule has 0 saturated carbocycles. The Hall–Kier alpha value is -3.00. The van der Waals surface area contributed by atoms with Crippen molar-refractivity contribution in [3.8, 4) is 0 Å². The first kappa shape index (κ1) is 22.2. The van der Waals surface area contributed by atoms with E-state index in [1.54, 1.807) is 28.9 Å². The summed E-state index contributed by atoms with van der Waals surface area (Å²) in [6.45, 7) is 4.95. The van der Waals surface area contributed by atoms with Gasteiger partial charge in [-0.15, -0.1) is 0 Å². The molecule has 1 aromatic carbocycles. The fraction of sp³-hybridized carbons (Fsp3) is 0.500. The second-order valence-electron chi connectivity index (χ2n) is 8.54. The van der Waals surface area contributed by atoms with Gasteiger partial charge in [0.2, 0.25) is 0 Å². The number of hydrogen-bond acceptors (Lipinski definition) is 6. The van der Waals surface area contributed by atoms with Gasteiger partial charge in [-0.05, 0) is 56.6 Å². The normalized spacial score (nSPS) is 17.3. The Kier molecular flexibility index (Phi) is 6.69. The summed E-state index contributed by atoms with van der Waals surface area (Å²) in [5.74, 6) is -0.477. The number of aldehydes is 1. The Morgan fingerprint density at radius 1 is 1.28 bits per heavy atom. The van der Waals surface area contributed by atoms with Crippen LogP contribution < -0.4 is 5.32 Å². The number of rotatable bonds is 7. The fourth-order valence-corrected chi connectivity index (χ4v) is 4.55. The number of benzene rings is 1. The Labute approximate surface area is 187 Å². The van der Waals surface area contributed by atoms with Gasteiger partial charge in [-0.3, -0.25) is 14.3 Å². The number of amides is 1. The molecule has 1 fully saturated rings. The highest BCUT2D eigenvalue weighted by molar-refractivity contribution is 5.95. The molecule has 0 radical (unpaired) electrons. The van der Waals surface area contributed by atoms with Crippen molar-refractivity contribution in [3.05, 3.63) is 52.3 Å². The average molecular weight is 440 g/mol. The predicted molar refractivity (Wildman–Crippen MR) is 117 cm³/mol. The van der Waals surface area contributed by atoms with Gasteiger partial charge in [0.1, 0.15) is 12.0 Å². The summed E-state index contributed by atoms with van der Waals surface area (Å²) >= 11 is 0. The van der Waals surface area contributed by atoms with Crippen LogP contribution in [0.25, 0.3) is 0 Å². The quantitative estimate of drug-likeness (QED) is 0.404. The Morgan fingerprint density at radius 3 is 2.72 bits per heavy atom. The van der Waals surface area contributed by atoms with E-state index >= 15 is 0 Å². The van der Waals surface area contributed by atoms with Crippen LogP contribution in [-0.4, -0.2) is 54.3 Å². The maximum atomic E-state index is 12.9. The summed E-state index contributed by atoms with van der Waals surface area (Å²) in [4.78, 5) is 35.8. The molecule has 32 heavy (non-hydrogen) atoms. The van der Waals surface area contributed by atoms with E-state index in [2.05, 4.69) is 5.32 Å². The maximum Gasteiger partial charge on any atom is 0.338 e. The van der Waals surface area contributed by atoms with E-state index < -0.39 is 5.97 Å². The molecule has 0 unspecified atom stereocenters. The Morgan fingerprint density at radius 2 is 2.03 bits per heavy atom. The standard InChI is InChI=1S/C24H29N3O5/c1-2-27-21-19(14-24(16-25-22(21)29)9-12-31-13-10-24)20(26-27)4-3-11-32-23(30)18-7-5-17(15-28)6-8-18/h5-8,15H,2-4,9-14,16H2,1H3,(H,25,29). The summed E-state index contributed by atoms with van der Waals surface area (Å²) < 4.78 is 12.8. The number of nitrogens with one attached hydrogen (secondary N) is 1. The number of nitrogens with zero attached hydrogens (tertiary/aromatic N) is 2. The van der Waals surface area contributed by atoms with Crippen molar-refractivity contribution in [1.29, 1.82) is 0 Å². The lowest BCUT2D eigenvalue weighted by molar-refractivity contribution is 0.0160. The van der Waals surface area contributed by atoms with Crippen LogP contribution in [0.4, 0.5) is 0 Å². The molecule has 1 aromatic heterocycles. The van der Waals surface area contributed by atoms with Crippen LogP contribution in [0.15, 0.2) is 24.3 Å². The van der Waals surface area contributed by atoms with Gasteiger partial charge in [0, 0.05) is 37.4 Å². The first-order chi connectivity index (χ1) is 15.5. The number of fused-ring (bicyclic) bond motifs is 1. The fourth-order valence-electron chi connectivity index (χ4n) is 4.55. The topological polar surface area (TPSA) is 99.5 Å². The molecule has 2 aliphatic rings. The molecule has 1 spiro atoms. The molecule has 8 heteroatoms. The van der Waals surface area contributed by atoms with Crippen molar-refractivity contribution >= 4 is 18.2 Å². The Bertz CT molecular complexity index is 990. The smallest absolute Gasteiger partial charge is 0.338 e. The molecule has 8 nitrogen and oxygen atoms in total. The zero-order valence-corrected chi connectivity index (χ0v) is 18.4. The van der Waals surface area contributed by atoms with E-state index in [9.17, 15) is 14.4 Å². The van der Waals surface area contributed by atoms with Crippen LogP contribution in [0.2, 0.25) is 0 Å². The van der Waals surface area contributed by atoms with E-state index in [0.29, 0.717) is 56.0 Å². The highest BCUT2D eigenvalue weighted by atomic mass is 16.5. The molecule has 0 bridgehead atoms. The van der Waals surface area contributed by atoms with Gasteiger partial charge in [-0.25, -0.2) is 4.79 Å². The van der Waals surface area contributed by atoms with Crippen molar-refractivity contribution in [1.82, 2.24) is 15.1 Å². The van der Waals surface area contributed by atoms with Gasteiger partial charge in [-0.2, -0.15) is 5.10 Å². The monoisotopic (exact) mass is 439 g/mol. The summed E-state index contributed by atoms with van der Waals surface area (Å²) in [7, 11) is 0. The minimum Gasteiger partial charge on any atom is -0.462 e. The molecule has 170 valence electrons. The third kappa shape index (κ3) is 4.60. The lowest BCUT2D eigenvalue weighted by Crippen LogP contribution is -2.40. The molecule has 1 saturated heterocycles. The number of esters is 1. The molecule has 1 N–H and O–H groups in total. The van der Waals surface area contributed by atoms with E-state index in [1.165, 1.54) is 0 Å². The largest absolute Gasteiger partial charge is 0.462 e. The second kappa shape index (κ2) is 9.65. The minimum atomic E-state index is -0.416. The van der Waals surface area contributed by atoms with Gasteiger partial charge in [0.15, 0.2) is 0 Å². The molecule has 3 heterocycles. The van der Waals surface area contributed by atoms with Crippen molar-refractivity contribution in [2.75, 3.05) is 26.4 Å². The van der Waals surface area contributed by atoms with Gasteiger partial charge in [-0.1, -0.05) is 12.1 Å². The van der Waals surface area contributed by atoms with Crippen molar-refractivity contribution in [3.63, 3.8) is 0 Å².